The van der Waals surface area contributed by atoms with Gasteiger partial charge >= 0.3 is 11.9 Å². The van der Waals surface area contributed by atoms with Crippen molar-refractivity contribution in [3.8, 4) is 0 Å². The van der Waals surface area contributed by atoms with Crippen LogP contribution in [-0.2, 0) is 83.1 Å². The molecule has 666 valence electrons. The van der Waals surface area contributed by atoms with Crippen LogP contribution in [0.5, 0.6) is 0 Å². The Kier molecular flexibility index (Phi) is 44.1. The number of carbonyl (C=O) groups is 16. The molecule has 0 spiro atoms. The fourth-order valence-corrected chi connectivity index (χ4v) is 13.0. The van der Waals surface area contributed by atoms with Gasteiger partial charge in [0.25, 0.3) is 0 Å². The van der Waals surface area contributed by atoms with E-state index in [4.69, 9.17) is 33.8 Å². The van der Waals surface area contributed by atoms with Crippen molar-refractivity contribution in [2.45, 2.75) is 237 Å². The number of hydrogen-bond donors (Lipinski definition) is 24. The number of aromatic nitrogens is 1. The molecule has 2 aromatic rings. The molecule has 1 aromatic carbocycles. The van der Waals surface area contributed by atoms with Gasteiger partial charge in [-0.3, -0.25) is 86.7 Å². The van der Waals surface area contributed by atoms with Gasteiger partial charge in [0.15, 0.2) is 11.9 Å². The van der Waals surface area contributed by atoms with E-state index in [2.05, 4.69) is 84.1 Å². The molecular weight excluding hydrogens is 1580 g/mol. The van der Waals surface area contributed by atoms with Crippen LogP contribution < -0.4 is 97.8 Å². The Morgan fingerprint density at radius 1 is 0.513 bits per heavy atom. The number of likely N-dealkylation sites (tertiary alicyclic amines) is 1. The molecule has 119 heavy (non-hydrogen) atoms. The summed E-state index contributed by atoms with van der Waals surface area (Å²) in [4.78, 5) is 233. The second kappa shape index (κ2) is 51.4. The second-order valence-electron chi connectivity index (χ2n) is 30.6. The van der Waals surface area contributed by atoms with E-state index in [1.54, 1.807) is 72.0 Å². The van der Waals surface area contributed by atoms with Gasteiger partial charge < -0.3 is 133 Å². The fourth-order valence-electron chi connectivity index (χ4n) is 12.6. The molecule has 14 amide bonds. The Bertz CT molecular complexity index is 3850. The summed E-state index contributed by atoms with van der Waals surface area (Å²) >= 11 is 1.44. The number of para-hydroxylation sites is 1. The third-order valence-corrected chi connectivity index (χ3v) is 19.6. The number of nitrogens with two attached hydrogens (primary N) is 5. The first kappa shape index (κ1) is 102. The molecule has 0 radical (unpaired) electrons. The smallest absolute Gasteiger partial charge is 0.322 e. The largest absolute Gasteiger partial charge is 0.481 e. The number of guanidine groups is 2. The van der Waals surface area contributed by atoms with E-state index in [0.717, 1.165) is 11.8 Å². The average Bonchev–Trinajstić information content (AvgIpc) is 1.70. The summed E-state index contributed by atoms with van der Waals surface area (Å²) in [7, 11) is 0. The van der Waals surface area contributed by atoms with Gasteiger partial charge in [-0.15, -0.1) is 0 Å². The normalized spacial score (nSPS) is 16.1. The number of thioether (sulfide) groups is 1. The van der Waals surface area contributed by atoms with E-state index in [1.807, 2.05) is 6.26 Å². The highest BCUT2D eigenvalue weighted by atomic mass is 32.2. The molecule has 2 heterocycles. The number of carbonyl (C=O) groups excluding carboxylic acids is 14. The highest BCUT2D eigenvalue weighted by molar-refractivity contribution is 7.98. The number of aromatic amines is 1. The number of nitrogens with zero attached hydrogens (tertiary/aromatic N) is 3. The Morgan fingerprint density at radius 3 is 1.44 bits per heavy atom. The molecule has 44 heteroatoms. The first-order valence-electron chi connectivity index (χ1n) is 39.4. The molecule has 0 bridgehead atoms. The van der Waals surface area contributed by atoms with E-state index in [0.29, 0.717) is 22.2 Å². The lowest BCUT2D eigenvalue weighted by Gasteiger charge is -2.31. The summed E-state index contributed by atoms with van der Waals surface area (Å²) in [5, 5.41) is 83.9. The maximum Gasteiger partial charge on any atom is 0.322 e. The SMILES string of the molecule is CSCC[C@H](N)C(=O)N[C@@H](CO)C(=O)N[C@H](C(=O)N[C@@H](Cc1c[nH]c2ccccc12)C(=O)N[C@H](C(=O)N[C@@H](CO)C(=O)N1CCC[C@H]1C(=O)N[C@@H](CCCN=C(N)N)C(=O)N[C@@H](CCCN=C(N)N)C(=O)N[C@@H](CC(C)C)C(=O)N[C@H](C(=O)N[C@@H](CCC(=O)O)C(=O)N[C@@H](CC(C)C)C(=O)N[C@@H](C)C(=O)NCC(=O)O)C(C)C)[C@@H](C)O)C(C)C. The van der Waals surface area contributed by atoms with E-state index in [1.165, 1.54) is 32.5 Å². The summed E-state index contributed by atoms with van der Waals surface area (Å²) in [6.07, 6.45) is 0.0960. The number of hydrogen-bond acceptors (Lipinski definition) is 23. The van der Waals surface area contributed by atoms with E-state index in [-0.39, 0.29) is 108 Å². The lowest BCUT2D eigenvalue weighted by Crippen LogP contribution is -2.63. The van der Waals surface area contributed by atoms with Crippen LogP contribution in [0.2, 0.25) is 0 Å². The molecule has 0 aliphatic carbocycles. The zero-order valence-electron chi connectivity index (χ0n) is 69.2. The summed E-state index contributed by atoms with van der Waals surface area (Å²) in [5.41, 5.74) is 29.6. The molecule has 29 N–H and O–H groups in total. The van der Waals surface area contributed by atoms with Gasteiger partial charge in [0.05, 0.1) is 25.4 Å². The summed E-state index contributed by atoms with van der Waals surface area (Å²) < 4.78 is 0. The third-order valence-electron chi connectivity index (χ3n) is 19.0. The number of fused-ring (bicyclic) bond motifs is 1. The summed E-state index contributed by atoms with van der Waals surface area (Å²) in [6.45, 7) is 12.5. The van der Waals surface area contributed by atoms with Gasteiger partial charge in [-0.05, 0) is 125 Å². The number of carboxylic acids is 2. The van der Waals surface area contributed by atoms with E-state index < -0.39 is 230 Å². The average molecular weight is 1700 g/mol. The Morgan fingerprint density at radius 2 is 0.950 bits per heavy atom. The minimum absolute atomic E-state index is 0.0156. The van der Waals surface area contributed by atoms with Crippen molar-refractivity contribution >= 4 is 129 Å². The van der Waals surface area contributed by atoms with Crippen LogP contribution in [0.3, 0.4) is 0 Å². The van der Waals surface area contributed by atoms with Crippen molar-refractivity contribution in [3.05, 3.63) is 36.0 Å². The van der Waals surface area contributed by atoms with Crippen LogP contribution in [0.1, 0.15) is 145 Å². The molecule has 1 fully saturated rings. The van der Waals surface area contributed by atoms with E-state index in [9.17, 15) is 97.1 Å². The zero-order chi connectivity index (χ0) is 89.7. The highest BCUT2D eigenvalue weighted by Crippen LogP contribution is 2.23. The predicted molar refractivity (Wildman–Crippen MR) is 438 cm³/mol. The quantitative estimate of drug-likeness (QED) is 0.0166. The lowest BCUT2D eigenvalue weighted by atomic mass is 9.98. The van der Waals surface area contributed by atoms with Gasteiger partial charge in [-0.2, -0.15) is 11.8 Å². The maximum absolute atomic E-state index is 14.8. The molecule has 1 aliphatic rings. The van der Waals surface area contributed by atoms with Crippen LogP contribution in [0, 0.1) is 23.7 Å². The molecule has 15 atom stereocenters. The van der Waals surface area contributed by atoms with Crippen LogP contribution >= 0.6 is 11.8 Å². The number of nitrogens with one attached hydrogen (secondary N) is 14. The number of amides is 14. The molecule has 43 nitrogen and oxygen atoms in total. The second-order valence-corrected chi connectivity index (χ2v) is 31.6. The predicted octanol–water partition coefficient (Wildman–Crippen LogP) is -6.44. The number of rotatable bonds is 53. The van der Waals surface area contributed by atoms with Gasteiger partial charge in [0.2, 0.25) is 82.7 Å². The van der Waals surface area contributed by atoms with Crippen molar-refractivity contribution in [2.24, 2.45) is 62.3 Å². The number of aliphatic carboxylic acids is 2. The van der Waals surface area contributed by atoms with Crippen molar-refractivity contribution in [3.63, 3.8) is 0 Å². The van der Waals surface area contributed by atoms with Crippen molar-refractivity contribution in [1.82, 2.24) is 79.0 Å². The van der Waals surface area contributed by atoms with Gasteiger partial charge in [-0.1, -0.05) is 73.6 Å². The zero-order valence-corrected chi connectivity index (χ0v) is 70.0. The first-order chi connectivity index (χ1) is 55.9. The lowest BCUT2D eigenvalue weighted by molar-refractivity contribution is -0.144. The maximum atomic E-state index is 14.8. The fraction of sp³-hybridized carbons (Fsp3) is 0.653. The molecule has 1 aliphatic heterocycles. The molecule has 0 saturated carbocycles. The number of aliphatic hydroxyl groups excluding tert-OH is 3. The number of carboxylic acid groups (broad SMARTS) is 2. The number of aliphatic hydroxyl groups is 3. The molecular formula is C75H124N22O21S. The van der Waals surface area contributed by atoms with Crippen molar-refractivity contribution in [2.75, 3.05) is 51.4 Å². The van der Waals surface area contributed by atoms with Gasteiger partial charge in [0, 0.05) is 49.6 Å². The molecule has 3 rings (SSSR count). The minimum atomic E-state index is -1.91. The van der Waals surface area contributed by atoms with Crippen LogP contribution in [0.15, 0.2) is 40.4 Å². The van der Waals surface area contributed by atoms with Crippen molar-refractivity contribution < 1.29 is 102 Å². The summed E-state index contributed by atoms with van der Waals surface area (Å²) in [5.74, 6) is -18.3. The van der Waals surface area contributed by atoms with Crippen LogP contribution in [-0.4, -0.2) is 284 Å². The Balaban J connectivity index is 1.96. The number of H-pyrrole nitrogens is 1. The number of aliphatic imine (C=N–C) groups is 2. The monoisotopic (exact) mass is 1700 g/mol. The first-order valence-corrected chi connectivity index (χ1v) is 40.8. The van der Waals surface area contributed by atoms with Crippen LogP contribution in [0.25, 0.3) is 10.9 Å². The van der Waals surface area contributed by atoms with Gasteiger partial charge in [0.1, 0.15) is 85.1 Å². The Hall–Kier alpha value is -11.0. The van der Waals surface area contributed by atoms with Crippen molar-refractivity contribution in [1.29, 1.82) is 0 Å². The van der Waals surface area contributed by atoms with E-state index >= 15 is 0 Å². The number of benzene rings is 1. The molecule has 1 aromatic heterocycles. The standard InChI is InChI=1S/C75H124N22O21S/c1-36(2)29-49(65(110)85-40(9)60(105)84-33-56(103)104)89-64(109)48(22-23-55(101)102)88-70(115)57(38(5)6)94-66(111)50(30-37(3)4)90-63(108)46(19-14-25-81-74(77)78)86-62(107)47(20-15-26-82-75(79)80)87-69(114)54-21-16-27-97(54)73(118)53(35-99)93-72(117)59(41(10)100)96-67(112)51(31-42-32-83-45-18-13-12-17-43(42)45)91-71(116)58(39(7)8)95-68(113)52(34-98)92-61(106)44(76)24-28-119-11/h12-13,17-18,32,36-41,44,46-54,57-59,83,98-100H,14-16,19-31,33-35,76H2,1-11H3,(H,84,105)(H,85,110)(H,86,107)(H,87,114)(H,88,115)(H,89,109)(H,90,108)(H,91,116)(H,92,106)(H,93,117)(H,94,111)(H,95,113)(H,96,112)(H,101,102)(H,103,104)(H4,77,78,81)(H4,79,80,82)/t40-,41+,44-,46-,47-,48-,49-,50-,51-,52-,53-,54-,57-,58-,59-/m0/s1. The molecule has 1 saturated heterocycles. The highest BCUT2D eigenvalue weighted by Gasteiger charge is 2.43. The third kappa shape index (κ3) is 35.2. The summed E-state index contributed by atoms with van der Waals surface area (Å²) in [6, 6.07) is -14.0. The van der Waals surface area contributed by atoms with Crippen LogP contribution in [0.4, 0.5) is 0 Å². The molecule has 0 unspecified atom stereocenters. The topological polar surface area (TPSA) is 705 Å². The van der Waals surface area contributed by atoms with Gasteiger partial charge in [-0.25, -0.2) is 0 Å². The Labute approximate surface area is 694 Å². The minimum Gasteiger partial charge on any atom is -0.481 e.